The van der Waals surface area contributed by atoms with Gasteiger partial charge in [0.1, 0.15) is 11.8 Å². The van der Waals surface area contributed by atoms with Crippen molar-refractivity contribution in [2.45, 2.75) is 53.5 Å². The van der Waals surface area contributed by atoms with Gasteiger partial charge in [0.25, 0.3) is 5.56 Å². The van der Waals surface area contributed by atoms with E-state index >= 15 is 0 Å². The number of nitrogens with zero attached hydrogens (tertiary/aromatic N) is 2. The van der Waals surface area contributed by atoms with Gasteiger partial charge >= 0.3 is 5.97 Å². The van der Waals surface area contributed by atoms with Gasteiger partial charge in [-0.1, -0.05) is 37.3 Å². The van der Waals surface area contributed by atoms with Crippen molar-refractivity contribution in [2.75, 3.05) is 27.4 Å². The summed E-state index contributed by atoms with van der Waals surface area (Å²) in [6.07, 6.45) is 1.89. The SMILES string of the molecule is CCOC(=O)C1=C(C)N=c2s/c(=C/c3cc(C(C)C)c(OC)cc3C)c(=O)n2[C@@H]1c1cccc(OC)c1OCC. The van der Waals surface area contributed by atoms with Crippen molar-refractivity contribution >= 4 is 23.4 Å². The zero-order valence-electron chi connectivity index (χ0n) is 24.3. The highest BCUT2D eigenvalue weighted by atomic mass is 32.1. The zero-order valence-corrected chi connectivity index (χ0v) is 25.1. The topological polar surface area (TPSA) is 88.4 Å². The van der Waals surface area contributed by atoms with Gasteiger partial charge in [-0.05, 0) is 74.6 Å². The summed E-state index contributed by atoms with van der Waals surface area (Å²) in [7, 11) is 3.22. The molecule has 9 heteroatoms. The molecule has 0 saturated heterocycles. The lowest BCUT2D eigenvalue weighted by molar-refractivity contribution is -0.139. The third kappa shape index (κ3) is 5.30. The second-order valence-corrected chi connectivity index (χ2v) is 10.7. The van der Waals surface area contributed by atoms with Crippen LogP contribution in [0.5, 0.6) is 17.2 Å². The molecule has 1 aromatic heterocycles. The predicted molar refractivity (Wildman–Crippen MR) is 156 cm³/mol. The van der Waals surface area contributed by atoms with Crippen molar-refractivity contribution in [3.63, 3.8) is 0 Å². The number of hydrogen-bond acceptors (Lipinski definition) is 8. The van der Waals surface area contributed by atoms with Crippen molar-refractivity contribution in [1.82, 2.24) is 4.57 Å². The molecular weight excluding hydrogens is 528 g/mol. The molecular formula is C31H36N2O6S. The molecule has 0 spiro atoms. The Morgan fingerprint density at radius 1 is 1.10 bits per heavy atom. The minimum absolute atomic E-state index is 0.193. The first-order valence-electron chi connectivity index (χ1n) is 13.3. The lowest BCUT2D eigenvalue weighted by Gasteiger charge is -2.26. The second-order valence-electron chi connectivity index (χ2n) is 9.72. The molecule has 4 rings (SSSR count). The molecule has 0 aliphatic carbocycles. The van der Waals surface area contributed by atoms with E-state index in [4.69, 9.17) is 23.9 Å². The smallest absolute Gasteiger partial charge is 0.338 e. The number of thiazole rings is 1. The maximum absolute atomic E-state index is 14.1. The highest BCUT2D eigenvalue weighted by molar-refractivity contribution is 7.07. The number of allylic oxidation sites excluding steroid dienone is 1. The first-order valence-corrected chi connectivity index (χ1v) is 14.2. The van der Waals surface area contributed by atoms with E-state index in [9.17, 15) is 9.59 Å². The molecule has 0 fully saturated rings. The minimum Gasteiger partial charge on any atom is -0.496 e. The molecule has 212 valence electrons. The van der Waals surface area contributed by atoms with E-state index in [-0.39, 0.29) is 23.7 Å². The second kappa shape index (κ2) is 12.1. The van der Waals surface area contributed by atoms with Gasteiger partial charge in [0.2, 0.25) is 0 Å². The Bertz CT molecular complexity index is 1650. The molecule has 8 nitrogen and oxygen atoms in total. The van der Waals surface area contributed by atoms with Crippen LogP contribution in [0.3, 0.4) is 0 Å². The maximum Gasteiger partial charge on any atom is 0.338 e. The standard InChI is InChI=1S/C31H36N2O6S/c1-9-38-28-21(12-11-13-23(28)36-7)27-26(30(35)39-10-2)19(6)32-31-33(27)29(34)25(40-31)16-20-15-22(17(3)4)24(37-8)14-18(20)5/h11-17,27H,9-10H2,1-8H3/b25-16+/t27-/m1/s1. The summed E-state index contributed by atoms with van der Waals surface area (Å²) in [6.45, 7) is 12.2. The molecule has 40 heavy (non-hydrogen) atoms. The van der Waals surface area contributed by atoms with Crippen molar-refractivity contribution in [2.24, 2.45) is 4.99 Å². The Hall–Kier alpha value is -3.85. The molecule has 0 N–H and O–H groups in total. The number of ether oxygens (including phenoxy) is 4. The van der Waals surface area contributed by atoms with Gasteiger partial charge in [-0.2, -0.15) is 0 Å². The van der Waals surface area contributed by atoms with Crippen LogP contribution in [0.25, 0.3) is 6.08 Å². The fourth-order valence-corrected chi connectivity index (χ4v) is 5.97. The fourth-order valence-electron chi connectivity index (χ4n) is 4.93. The van der Waals surface area contributed by atoms with E-state index < -0.39 is 12.0 Å². The number of methoxy groups -OCH3 is 2. The van der Waals surface area contributed by atoms with Gasteiger partial charge < -0.3 is 18.9 Å². The number of fused-ring (bicyclic) bond motifs is 1. The van der Waals surface area contributed by atoms with Gasteiger partial charge in [0.15, 0.2) is 16.3 Å². The van der Waals surface area contributed by atoms with Gasteiger partial charge in [0.05, 0.1) is 43.2 Å². The Morgan fingerprint density at radius 3 is 2.45 bits per heavy atom. The first-order chi connectivity index (χ1) is 19.2. The van der Waals surface area contributed by atoms with E-state index in [1.165, 1.54) is 11.3 Å². The monoisotopic (exact) mass is 564 g/mol. The number of carbonyl (C=O) groups is 1. The van der Waals surface area contributed by atoms with E-state index in [0.717, 1.165) is 22.4 Å². The molecule has 0 unspecified atom stereocenters. The average molecular weight is 565 g/mol. The van der Waals surface area contributed by atoms with Crippen LogP contribution in [0.4, 0.5) is 0 Å². The van der Waals surface area contributed by atoms with Gasteiger partial charge in [-0.25, -0.2) is 9.79 Å². The van der Waals surface area contributed by atoms with E-state index in [1.54, 1.807) is 38.7 Å². The zero-order chi connectivity index (χ0) is 29.1. The van der Waals surface area contributed by atoms with Crippen molar-refractivity contribution in [3.05, 3.63) is 83.5 Å². The number of hydrogen-bond donors (Lipinski definition) is 0. The van der Waals surface area contributed by atoms with Gasteiger partial charge in [0, 0.05) is 5.56 Å². The van der Waals surface area contributed by atoms with E-state index in [0.29, 0.717) is 38.7 Å². The van der Waals surface area contributed by atoms with Crippen LogP contribution in [-0.4, -0.2) is 38.0 Å². The summed E-state index contributed by atoms with van der Waals surface area (Å²) in [4.78, 5) is 32.6. The van der Waals surface area contributed by atoms with Gasteiger partial charge in [-0.3, -0.25) is 9.36 Å². The quantitative estimate of drug-likeness (QED) is 0.352. The Balaban J connectivity index is 2.02. The summed E-state index contributed by atoms with van der Waals surface area (Å²) in [5, 5.41) is 0. The highest BCUT2D eigenvalue weighted by Gasteiger charge is 2.36. The summed E-state index contributed by atoms with van der Waals surface area (Å²) >= 11 is 1.29. The third-order valence-corrected chi connectivity index (χ3v) is 7.84. The molecule has 2 aromatic carbocycles. The van der Waals surface area contributed by atoms with Crippen LogP contribution in [0.2, 0.25) is 0 Å². The molecule has 1 aliphatic heterocycles. The molecule has 2 heterocycles. The molecule has 3 aromatic rings. The number of aromatic nitrogens is 1. The number of carbonyl (C=O) groups excluding carboxylic acids is 1. The van der Waals surface area contributed by atoms with Crippen LogP contribution in [-0.2, 0) is 9.53 Å². The Labute approximate surface area is 238 Å². The number of esters is 1. The molecule has 1 aliphatic rings. The maximum atomic E-state index is 14.1. The van der Waals surface area contributed by atoms with Crippen LogP contribution in [0, 0.1) is 6.92 Å². The lowest BCUT2D eigenvalue weighted by Crippen LogP contribution is -2.40. The minimum atomic E-state index is -0.808. The summed E-state index contributed by atoms with van der Waals surface area (Å²) in [5.74, 6) is 1.51. The molecule has 0 bridgehead atoms. The molecule has 1 atom stereocenters. The summed E-state index contributed by atoms with van der Waals surface area (Å²) in [5.41, 5.74) is 4.11. The number of para-hydroxylation sites is 1. The van der Waals surface area contributed by atoms with Crippen LogP contribution >= 0.6 is 11.3 Å². The molecule has 0 saturated carbocycles. The van der Waals surface area contributed by atoms with Gasteiger partial charge in [-0.15, -0.1) is 0 Å². The number of aryl methyl sites for hydroxylation is 1. The van der Waals surface area contributed by atoms with Crippen molar-refractivity contribution < 1.29 is 23.7 Å². The lowest BCUT2D eigenvalue weighted by atomic mass is 9.94. The predicted octanol–water partition coefficient (Wildman–Crippen LogP) is 4.65. The summed E-state index contributed by atoms with van der Waals surface area (Å²) in [6, 6.07) is 8.71. The van der Waals surface area contributed by atoms with Crippen LogP contribution < -0.4 is 29.1 Å². The van der Waals surface area contributed by atoms with E-state index in [1.807, 2.05) is 38.1 Å². The van der Waals surface area contributed by atoms with Crippen molar-refractivity contribution in [1.29, 1.82) is 0 Å². The summed E-state index contributed by atoms with van der Waals surface area (Å²) < 4.78 is 24.7. The Kier molecular flexibility index (Phi) is 8.83. The van der Waals surface area contributed by atoms with Crippen LogP contribution in [0.1, 0.15) is 68.8 Å². The number of rotatable bonds is 9. The largest absolute Gasteiger partial charge is 0.496 e. The fraction of sp³-hybridized carbons (Fsp3) is 0.387. The van der Waals surface area contributed by atoms with Crippen molar-refractivity contribution in [3.8, 4) is 17.2 Å². The Morgan fingerprint density at radius 2 is 1.82 bits per heavy atom. The molecule has 0 radical (unpaired) electrons. The normalized spacial score (nSPS) is 15.1. The van der Waals surface area contributed by atoms with E-state index in [2.05, 4.69) is 19.9 Å². The highest BCUT2D eigenvalue weighted by Crippen LogP contribution is 2.40. The number of benzene rings is 2. The average Bonchev–Trinajstić information content (AvgIpc) is 3.23. The third-order valence-electron chi connectivity index (χ3n) is 6.86. The first kappa shape index (κ1) is 29.1. The van der Waals surface area contributed by atoms with Crippen LogP contribution in [0.15, 0.2) is 51.4 Å². The molecule has 0 amide bonds.